The van der Waals surface area contributed by atoms with Gasteiger partial charge in [-0.2, -0.15) is 0 Å². The quantitative estimate of drug-likeness (QED) is 0.848. The molecule has 2 fully saturated rings. The Balaban J connectivity index is 1.70. The molecule has 2 heterocycles. The van der Waals surface area contributed by atoms with Gasteiger partial charge in [0.2, 0.25) is 0 Å². The number of hydrogen-bond acceptors (Lipinski definition) is 2. The molecule has 1 saturated carbocycles. The third-order valence-corrected chi connectivity index (χ3v) is 4.55. The third kappa shape index (κ3) is 1.65. The lowest BCUT2D eigenvalue weighted by molar-refractivity contribution is 0.405. The van der Waals surface area contributed by atoms with E-state index in [0.29, 0.717) is 11.8 Å². The second-order valence-corrected chi connectivity index (χ2v) is 5.72. The van der Waals surface area contributed by atoms with E-state index in [0.717, 1.165) is 18.6 Å². The minimum absolute atomic E-state index is 0.685. The standard InChI is InChI=1S/C15H19N3/c1-2-10(3-1)15-17-13-5-4-11(8-14(13)18-15)12-6-7-16-9-12/h4-5,8,10,12,16H,1-3,6-7,9H2,(H,17,18). The van der Waals surface area contributed by atoms with Gasteiger partial charge in [0.05, 0.1) is 11.0 Å². The molecule has 4 rings (SSSR count). The molecule has 2 aliphatic rings. The Morgan fingerprint density at radius 1 is 1.11 bits per heavy atom. The van der Waals surface area contributed by atoms with Gasteiger partial charge in [0, 0.05) is 12.5 Å². The van der Waals surface area contributed by atoms with Crippen LogP contribution < -0.4 is 5.32 Å². The van der Waals surface area contributed by atoms with E-state index in [-0.39, 0.29) is 0 Å². The molecule has 94 valence electrons. The van der Waals surface area contributed by atoms with Crippen LogP contribution in [0.2, 0.25) is 0 Å². The number of aromatic amines is 1. The Morgan fingerprint density at radius 2 is 2.06 bits per heavy atom. The molecule has 3 heteroatoms. The van der Waals surface area contributed by atoms with Gasteiger partial charge in [-0.05, 0) is 49.4 Å². The predicted molar refractivity (Wildman–Crippen MR) is 72.9 cm³/mol. The lowest BCUT2D eigenvalue weighted by Gasteiger charge is -2.22. The van der Waals surface area contributed by atoms with Crippen LogP contribution in [0.1, 0.15) is 48.9 Å². The van der Waals surface area contributed by atoms with Gasteiger partial charge in [0.1, 0.15) is 5.82 Å². The average Bonchev–Trinajstić information content (AvgIpc) is 2.94. The van der Waals surface area contributed by atoms with Crippen molar-refractivity contribution in [1.82, 2.24) is 15.3 Å². The molecule has 2 aromatic rings. The summed E-state index contributed by atoms with van der Waals surface area (Å²) in [6.07, 6.45) is 5.23. The minimum Gasteiger partial charge on any atom is -0.342 e. The molecule has 3 nitrogen and oxygen atoms in total. The van der Waals surface area contributed by atoms with Gasteiger partial charge in [0.25, 0.3) is 0 Å². The summed E-state index contributed by atoms with van der Waals surface area (Å²) in [5.41, 5.74) is 3.81. The maximum Gasteiger partial charge on any atom is 0.110 e. The molecule has 1 atom stereocenters. The number of rotatable bonds is 2. The first-order valence-electron chi connectivity index (χ1n) is 7.10. The van der Waals surface area contributed by atoms with Gasteiger partial charge in [0.15, 0.2) is 0 Å². The maximum absolute atomic E-state index is 4.73. The Bertz CT molecular complexity index is 562. The summed E-state index contributed by atoms with van der Waals surface area (Å²) < 4.78 is 0. The van der Waals surface area contributed by atoms with E-state index in [2.05, 4.69) is 28.5 Å². The first-order chi connectivity index (χ1) is 8.90. The van der Waals surface area contributed by atoms with E-state index in [1.807, 2.05) is 0 Å². The lowest BCUT2D eigenvalue weighted by atomic mass is 9.85. The highest BCUT2D eigenvalue weighted by Crippen LogP contribution is 2.35. The molecule has 1 unspecified atom stereocenters. The molecule has 0 amide bonds. The molecular formula is C15H19N3. The number of nitrogens with zero attached hydrogens (tertiary/aromatic N) is 1. The van der Waals surface area contributed by atoms with Crippen LogP contribution in [0.3, 0.4) is 0 Å². The van der Waals surface area contributed by atoms with E-state index in [9.17, 15) is 0 Å². The normalized spacial score (nSPS) is 24.6. The molecular weight excluding hydrogens is 222 g/mol. The third-order valence-electron chi connectivity index (χ3n) is 4.55. The van der Waals surface area contributed by atoms with Crippen molar-refractivity contribution in [2.75, 3.05) is 13.1 Å². The Kier molecular flexibility index (Phi) is 2.40. The van der Waals surface area contributed by atoms with Crippen LogP contribution in [0.25, 0.3) is 11.0 Å². The van der Waals surface area contributed by atoms with Crippen molar-refractivity contribution < 1.29 is 0 Å². The summed E-state index contributed by atoms with van der Waals surface area (Å²) >= 11 is 0. The number of aromatic nitrogens is 2. The van der Waals surface area contributed by atoms with Crippen molar-refractivity contribution in [3.8, 4) is 0 Å². The van der Waals surface area contributed by atoms with E-state index in [1.54, 1.807) is 0 Å². The van der Waals surface area contributed by atoms with Gasteiger partial charge >= 0.3 is 0 Å². The van der Waals surface area contributed by atoms with Crippen LogP contribution in [0.5, 0.6) is 0 Å². The first kappa shape index (κ1) is 10.6. The van der Waals surface area contributed by atoms with Crippen LogP contribution in [0.4, 0.5) is 0 Å². The number of imidazole rings is 1. The van der Waals surface area contributed by atoms with Gasteiger partial charge < -0.3 is 10.3 Å². The molecule has 1 saturated heterocycles. The molecule has 1 aliphatic carbocycles. The molecule has 18 heavy (non-hydrogen) atoms. The highest BCUT2D eigenvalue weighted by molar-refractivity contribution is 5.76. The summed E-state index contributed by atoms with van der Waals surface area (Å²) in [6, 6.07) is 6.75. The summed E-state index contributed by atoms with van der Waals surface area (Å²) in [5, 5.41) is 3.43. The zero-order chi connectivity index (χ0) is 11.9. The number of H-pyrrole nitrogens is 1. The molecule has 0 bridgehead atoms. The van der Waals surface area contributed by atoms with Crippen LogP contribution in [-0.2, 0) is 0 Å². The Morgan fingerprint density at radius 3 is 2.78 bits per heavy atom. The van der Waals surface area contributed by atoms with Crippen molar-refractivity contribution in [2.45, 2.75) is 37.5 Å². The largest absolute Gasteiger partial charge is 0.342 e. The number of fused-ring (bicyclic) bond motifs is 1. The fraction of sp³-hybridized carbons (Fsp3) is 0.533. The van der Waals surface area contributed by atoms with Crippen LogP contribution in [-0.4, -0.2) is 23.1 Å². The van der Waals surface area contributed by atoms with Crippen molar-refractivity contribution in [3.05, 3.63) is 29.6 Å². The fourth-order valence-corrected chi connectivity index (χ4v) is 3.12. The lowest BCUT2D eigenvalue weighted by Crippen LogP contribution is -2.10. The number of nitrogens with one attached hydrogen (secondary N) is 2. The van der Waals surface area contributed by atoms with E-state index in [1.165, 1.54) is 42.6 Å². The van der Waals surface area contributed by atoms with Crippen molar-refractivity contribution in [3.63, 3.8) is 0 Å². The zero-order valence-corrected chi connectivity index (χ0v) is 10.6. The van der Waals surface area contributed by atoms with Crippen LogP contribution >= 0.6 is 0 Å². The smallest absolute Gasteiger partial charge is 0.110 e. The van der Waals surface area contributed by atoms with Crippen molar-refractivity contribution in [2.24, 2.45) is 0 Å². The average molecular weight is 241 g/mol. The summed E-state index contributed by atoms with van der Waals surface area (Å²) in [6.45, 7) is 2.27. The van der Waals surface area contributed by atoms with Crippen molar-refractivity contribution in [1.29, 1.82) is 0 Å². The highest BCUT2D eigenvalue weighted by atomic mass is 14.9. The van der Waals surface area contributed by atoms with Crippen LogP contribution in [0.15, 0.2) is 18.2 Å². The van der Waals surface area contributed by atoms with Gasteiger partial charge in [-0.25, -0.2) is 4.98 Å². The monoisotopic (exact) mass is 241 g/mol. The first-order valence-corrected chi connectivity index (χ1v) is 7.10. The van der Waals surface area contributed by atoms with Gasteiger partial charge in [-0.1, -0.05) is 12.5 Å². The minimum atomic E-state index is 0.685. The van der Waals surface area contributed by atoms with Crippen molar-refractivity contribution >= 4 is 11.0 Å². The molecule has 1 aliphatic heterocycles. The van der Waals surface area contributed by atoms with Gasteiger partial charge in [-0.3, -0.25) is 0 Å². The second kappa shape index (κ2) is 4.09. The van der Waals surface area contributed by atoms with E-state index in [4.69, 9.17) is 4.98 Å². The Hall–Kier alpha value is -1.35. The van der Waals surface area contributed by atoms with E-state index >= 15 is 0 Å². The summed E-state index contributed by atoms with van der Waals surface area (Å²) in [5.74, 6) is 2.58. The van der Waals surface area contributed by atoms with Gasteiger partial charge in [-0.15, -0.1) is 0 Å². The highest BCUT2D eigenvalue weighted by Gasteiger charge is 2.23. The summed E-state index contributed by atoms with van der Waals surface area (Å²) in [7, 11) is 0. The molecule has 1 aromatic heterocycles. The molecule has 1 aromatic carbocycles. The SMILES string of the molecule is c1cc2nc(C3CCC3)[nH]c2cc1C1CCNC1. The predicted octanol–water partition coefficient (Wildman–Crippen LogP) is 2.91. The second-order valence-electron chi connectivity index (χ2n) is 5.72. The summed E-state index contributed by atoms with van der Waals surface area (Å²) in [4.78, 5) is 8.26. The molecule has 0 radical (unpaired) electrons. The van der Waals surface area contributed by atoms with E-state index < -0.39 is 0 Å². The zero-order valence-electron chi connectivity index (χ0n) is 10.6. The maximum atomic E-state index is 4.73. The number of benzene rings is 1. The molecule has 0 spiro atoms. The Labute approximate surface area is 107 Å². The molecule has 2 N–H and O–H groups in total. The van der Waals surface area contributed by atoms with Crippen LogP contribution in [0, 0.1) is 0 Å². The fourth-order valence-electron chi connectivity index (χ4n) is 3.12. The topological polar surface area (TPSA) is 40.7 Å². The number of hydrogen-bond donors (Lipinski definition) is 2.